The van der Waals surface area contributed by atoms with Crippen LogP contribution in [-0.4, -0.2) is 51.7 Å². The van der Waals surface area contributed by atoms with Crippen molar-refractivity contribution in [1.82, 2.24) is 5.32 Å². The molecule has 1 aliphatic heterocycles. The maximum absolute atomic E-state index is 13.9. The quantitative estimate of drug-likeness (QED) is 0.261. The number of amides is 1. The number of rotatable bonds is 10. The molecular weight excluding hydrogens is 563 g/mol. The summed E-state index contributed by atoms with van der Waals surface area (Å²) >= 11 is 0. The van der Waals surface area contributed by atoms with E-state index in [2.05, 4.69) is 5.32 Å². The highest BCUT2D eigenvalue weighted by Crippen LogP contribution is 2.38. The number of aromatic carboxylic acids is 1. The highest BCUT2D eigenvalue weighted by atomic mass is 32.2. The van der Waals surface area contributed by atoms with Gasteiger partial charge in [-0.05, 0) is 65.7 Å². The minimum absolute atomic E-state index is 0.00465. The van der Waals surface area contributed by atoms with Crippen molar-refractivity contribution in [2.75, 3.05) is 24.6 Å². The molecule has 216 valence electrons. The van der Waals surface area contributed by atoms with Gasteiger partial charge in [-0.15, -0.1) is 0 Å². The van der Waals surface area contributed by atoms with Gasteiger partial charge < -0.3 is 19.9 Å². The van der Waals surface area contributed by atoms with Crippen molar-refractivity contribution in [3.8, 4) is 22.6 Å². The van der Waals surface area contributed by atoms with Crippen molar-refractivity contribution in [3.63, 3.8) is 0 Å². The molecule has 0 saturated heterocycles. The molecular formula is C31H27FN2O7S. The van der Waals surface area contributed by atoms with E-state index in [1.807, 2.05) is 0 Å². The van der Waals surface area contributed by atoms with Crippen LogP contribution in [0.4, 0.5) is 10.1 Å². The molecule has 0 aromatic heterocycles. The maximum atomic E-state index is 13.9. The summed E-state index contributed by atoms with van der Waals surface area (Å²) in [6, 6.07) is 22.1. The summed E-state index contributed by atoms with van der Waals surface area (Å²) in [5.74, 6) is -1.22. The van der Waals surface area contributed by atoms with Crippen molar-refractivity contribution in [3.05, 3.63) is 108 Å². The van der Waals surface area contributed by atoms with Crippen LogP contribution in [0.3, 0.4) is 0 Å². The monoisotopic (exact) mass is 590 g/mol. The number of halogens is 1. The zero-order valence-corrected chi connectivity index (χ0v) is 23.3. The lowest BCUT2D eigenvalue weighted by molar-refractivity contribution is -0.122. The number of nitrogens with zero attached hydrogens (tertiary/aromatic N) is 1. The third-order valence-electron chi connectivity index (χ3n) is 6.89. The van der Waals surface area contributed by atoms with Gasteiger partial charge in [0.1, 0.15) is 30.0 Å². The molecule has 11 heteroatoms. The molecule has 42 heavy (non-hydrogen) atoms. The third-order valence-corrected chi connectivity index (χ3v) is 8.72. The summed E-state index contributed by atoms with van der Waals surface area (Å²) in [5, 5.41) is 11.8. The second kappa shape index (κ2) is 11.9. The molecule has 0 fully saturated rings. The van der Waals surface area contributed by atoms with Gasteiger partial charge in [0, 0.05) is 18.1 Å². The summed E-state index contributed by atoms with van der Waals surface area (Å²) in [7, 11) is -2.72. The highest BCUT2D eigenvalue weighted by molar-refractivity contribution is 7.93. The number of benzene rings is 4. The number of sulfonamides is 1. The number of carbonyl (C=O) groups is 2. The molecule has 4 aromatic carbocycles. The molecule has 9 nitrogen and oxygen atoms in total. The summed E-state index contributed by atoms with van der Waals surface area (Å²) in [6.45, 7) is 0.202. The van der Waals surface area contributed by atoms with E-state index in [4.69, 9.17) is 14.6 Å². The second-order valence-corrected chi connectivity index (χ2v) is 11.3. The molecule has 0 saturated carbocycles. The first-order chi connectivity index (χ1) is 20.2. The number of anilines is 1. The Morgan fingerprint density at radius 2 is 1.71 bits per heavy atom. The van der Waals surface area contributed by atoms with Gasteiger partial charge in [-0.1, -0.05) is 30.3 Å². The van der Waals surface area contributed by atoms with Gasteiger partial charge in [0.25, 0.3) is 10.0 Å². The minimum atomic E-state index is -4.15. The third kappa shape index (κ3) is 5.77. The van der Waals surface area contributed by atoms with E-state index in [-0.39, 0.29) is 30.0 Å². The van der Waals surface area contributed by atoms with Crippen molar-refractivity contribution < 1.29 is 37.0 Å². The van der Waals surface area contributed by atoms with Crippen LogP contribution < -0.4 is 19.1 Å². The molecule has 5 rings (SSSR count). The Morgan fingerprint density at radius 1 is 1.00 bits per heavy atom. The van der Waals surface area contributed by atoms with E-state index < -0.39 is 33.8 Å². The lowest BCUT2D eigenvalue weighted by Gasteiger charge is -2.26. The number of ether oxygens (including phenoxy) is 2. The average Bonchev–Trinajstić information content (AvgIpc) is 3.40. The van der Waals surface area contributed by atoms with E-state index >= 15 is 0 Å². The van der Waals surface area contributed by atoms with Crippen LogP contribution in [-0.2, 0) is 21.2 Å². The number of hydrogen-bond donors (Lipinski definition) is 2. The molecule has 0 radical (unpaired) electrons. The summed E-state index contributed by atoms with van der Waals surface area (Å²) < 4.78 is 53.5. The summed E-state index contributed by atoms with van der Waals surface area (Å²) in [6.07, 6.45) is 0.198. The lowest BCUT2D eigenvalue weighted by atomic mass is 10.0. The smallest absolute Gasteiger partial charge is 0.335 e. The Balaban J connectivity index is 1.32. The highest BCUT2D eigenvalue weighted by Gasteiger charge is 2.42. The van der Waals surface area contributed by atoms with Crippen LogP contribution >= 0.6 is 0 Å². The second-order valence-electron chi connectivity index (χ2n) is 9.49. The van der Waals surface area contributed by atoms with E-state index in [0.29, 0.717) is 28.3 Å². The Kier molecular flexibility index (Phi) is 8.12. The average molecular weight is 591 g/mol. The van der Waals surface area contributed by atoms with Crippen LogP contribution in [0, 0.1) is 5.82 Å². The number of hydrogen-bond acceptors (Lipinski definition) is 6. The van der Waals surface area contributed by atoms with Crippen LogP contribution in [0.25, 0.3) is 11.1 Å². The molecule has 0 unspecified atom stereocenters. The molecule has 1 amide bonds. The number of para-hydroxylation sites is 1. The van der Waals surface area contributed by atoms with Gasteiger partial charge in [-0.2, -0.15) is 0 Å². The predicted molar refractivity (Wildman–Crippen MR) is 154 cm³/mol. The molecule has 1 atom stereocenters. The zero-order valence-electron chi connectivity index (χ0n) is 22.5. The van der Waals surface area contributed by atoms with Crippen LogP contribution in [0.15, 0.2) is 95.9 Å². The largest absolute Gasteiger partial charge is 0.496 e. The fourth-order valence-electron chi connectivity index (χ4n) is 4.83. The van der Waals surface area contributed by atoms with Crippen molar-refractivity contribution in [1.29, 1.82) is 0 Å². The molecule has 0 bridgehead atoms. The number of nitrogens with one attached hydrogen (secondary N) is 1. The molecule has 1 aliphatic rings. The normalized spacial score (nSPS) is 14.2. The summed E-state index contributed by atoms with van der Waals surface area (Å²) in [4.78, 5) is 24.3. The topological polar surface area (TPSA) is 122 Å². The molecule has 2 N–H and O–H groups in total. The Morgan fingerprint density at radius 3 is 2.40 bits per heavy atom. The van der Waals surface area contributed by atoms with Gasteiger partial charge >= 0.3 is 5.97 Å². The molecule has 0 aliphatic carbocycles. The number of fused-ring (bicyclic) bond motifs is 1. The SMILES string of the molecule is COc1cc(F)ccc1-c1ccc(S(=O)(=O)N2c3ccccc3C[C@H]2C(=O)NCCOc2ccc(C(=O)O)cc2)cc1. The number of carboxylic acid groups (broad SMARTS) is 1. The van der Waals surface area contributed by atoms with Crippen LogP contribution in [0.1, 0.15) is 15.9 Å². The molecule has 4 aromatic rings. The van der Waals surface area contributed by atoms with Crippen molar-refractivity contribution in [2.45, 2.75) is 17.4 Å². The van der Waals surface area contributed by atoms with Crippen LogP contribution in [0.2, 0.25) is 0 Å². The standard InChI is InChI=1S/C31H27FN2O7S/c1-40-29-19-23(32)10-15-26(29)20-8-13-25(14-9-20)42(38,39)34-27-5-3-2-4-22(27)18-28(34)30(35)33-16-17-41-24-11-6-21(7-12-24)31(36)37/h2-15,19,28H,16-18H2,1H3,(H,33,35)(H,36,37)/t28-/m0/s1. The van der Waals surface area contributed by atoms with Crippen LogP contribution in [0.5, 0.6) is 11.5 Å². The first-order valence-corrected chi connectivity index (χ1v) is 14.4. The van der Waals surface area contributed by atoms with Gasteiger partial charge in [-0.3, -0.25) is 9.10 Å². The number of carbonyl (C=O) groups excluding carboxylic acids is 1. The van der Waals surface area contributed by atoms with Gasteiger partial charge in [0.05, 0.1) is 29.8 Å². The van der Waals surface area contributed by atoms with Gasteiger partial charge in [-0.25, -0.2) is 17.6 Å². The first kappa shape index (κ1) is 28.6. The summed E-state index contributed by atoms with van der Waals surface area (Å²) in [5.41, 5.74) is 2.52. The van der Waals surface area contributed by atoms with E-state index in [9.17, 15) is 22.4 Å². The van der Waals surface area contributed by atoms with E-state index in [1.165, 1.54) is 55.6 Å². The minimum Gasteiger partial charge on any atom is -0.496 e. The maximum Gasteiger partial charge on any atom is 0.335 e. The number of methoxy groups -OCH3 is 1. The lowest BCUT2D eigenvalue weighted by Crippen LogP contribution is -2.48. The van der Waals surface area contributed by atoms with Crippen molar-refractivity contribution in [2.24, 2.45) is 0 Å². The van der Waals surface area contributed by atoms with E-state index in [0.717, 1.165) is 9.87 Å². The Hall–Kier alpha value is -4.90. The van der Waals surface area contributed by atoms with Crippen molar-refractivity contribution >= 4 is 27.6 Å². The fourth-order valence-corrected chi connectivity index (χ4v) is 6.48. The molecule has 1 heterocycles. The number of carboxylic acids is 1. The fraction of sp³-hybridized carbons (Fsp3) is 0.161. The molecule has 0 spiro atoms. The zero-order chi connectivity index (χ0) is 29.9. The van der Waals surface area contributed by atoms with E-state index in [1.54, 1.807) is 42.5 Å². The van der Waals surface area contributed by atoms with Gasteiger partial charge in [0.2, 0.25) is 5.91 Å². The predicted octanol–water partition coefficient (Wildman–Crippen LogP) is 4.51. The first-order valence-electron chi connectivity index (χ1n) is 13.0. The van der Waals surface area contributed by atoms with Gasteiger partial charge in [0.15, 0.2) is 0 Å². The Bertz CT molecular complexity index is 1730. The Labute approximate surface area is 242 Å².